The molecule has 0 aliphatic carbocycles. The summed E-state index contributed by atoms with van der Waals surface area (Å²) in [5, 5.41) is 11.8. The highest BCUT2D eigenvalue weighted by molar-refractivity contribution is 6.31. The monoisotopic (exact) mass is 564 g/mol. The Labute approximate surface area is 226 Å². The molecule has 0 saturated carbocycles. The molecule has 1 fully saturated rings. The second-order valence-corrected chi connectivity index (χ2v) is 9.23. The van der Waals surface area contributed by atoms with Gasteiger partial charge in [-0.3, -0.25) is 0 Å². The fraction of sp³-hybridized carbons (Fsp3) is 0.192. The number of ether oxygens (including phenoxy) is 4. The third-order valence-electron chi connectivity index (χ3n) is 5.39. The second-order valence-electron chi connectivity index (χ2n) is 7.92. The fourth-order valence-corrected chi connectivity index (χ4v) is 3.87. The third-order valence-corrected chi connectivity index (χ3v) is 6.15. The molecule has 0 aromatic heterocycles. The molecular weight excluding hydrogens is 547 g/mol. The Morgan fingerprint density at radius 1 is 0.649 bits per heavy atom. The van der Waals surface area contributed by atoms with Crippen LogP contribution in [0, 0.1) is 0 Å². The summed E-state index contributed by atoms with van der Waals surface area (Å²) in [7, 11) is 0. The largest absolute Gasteiger partial charge is 0.459 e. The van der Waals surface area contributed by atoms with Crippen LogP contribution in [0.5, 0.6) is 0 Å². The first-order valence-corrected chi connectivity index (χ1v) is 12.0. The summed E-state index contributed by atoms with van der Waals surface area (Å²) >= 11 is 17.6. The molecule has 1 unspecified atom stereocenters. The molecule has 1 heterocycles. The van der Waals surface area contributed by atoms with E-state index in [4.69, 9.17) is 53.8 Å². The molecule has 0 amide bonds. The summed E-state index contributed by atoms with van der Waals surface area (Å²) in [5.74, 6) is -2.30. The van der Waals surface area contributed by atoms with Gasteiger partial charge in [0.15, 0.2) is 18.5 Å². The van der Waals surface area contributed by atoms with Gasteiger partial charge in [0.2, 0.25) is 0 Å². The number of carbonyl (C=O) groups is 3. The van der Waals surface area contributed by atoms with Crippen molar-refractivity contribution in [3.63, 3.8) is 0 Å². The van der Waals surface area contributed by atoms with Gasteiger partial charge in [-0.2, -0.15) is 0 Å². The molecule has 11 heteroatoms. The Kier molecular flexibility index (Phi) is 8.68. The molecule has 1 aliphatic heterocycles. The maximum atomic E-state index is 12.8. The molecule has 0 radical (unpaired) electrons. The number of esters is 3. The summed E-state index contributed by atoms with van der Waals surface area (Å²) in [6, 6.07) is 17.8. The van der Waals surface area contributed by atoms with Crippen molar-refractivity contribution in [3.8, 4) is 0 Å². The molecule has 0 bridgehead atoms. The van der Waals surface area contributed by atoms with Gasteiger partial charge < -0.3 is 24.1 Å². The first-order chi connectivity index (χ1) is 17.7. The van der Waals surface area contributed by atoms with Gasteiger partial charge in [-0.15, -0.1) is 0 Å². The predicted molar refractivity (Wildman–Crippen MR) is 134 cm³/mol. The Bertz CT molecular complexity index is 1260. The number of halogens is 3. The molecule has 192 valence electrons. The Hall–Kier alpha value is -3.14. The molecule has 3 aromatic carbocycles. The van der Waals surface area contributed by atoms with E-state index in [0.29, 0.717) is 15.1 Å². The molecule has 0 spiro atoms. The molecule has 1 saturated heterocycles. The van der Waals surface area contributed by atoms with Crippen LogP contribution in [0.3, 0.4) is 0 Å². The summed E-state index contributed by atoms with van der Waals surface area (Å²) < 4.78 is 21.8. The van der Waals surface area contributed by atoms with Crippen molar-refractivity contribution in [1.82, 2.24) is 0 Å². The lowest BCUT2D eigenvalue weighted by molar-refractivity contribution is -0.135. The summed E-state index contributed by atoms with van der Waals surface area (Å²) in [6.45, 7) is -0.411. The van der Waals surface area contributed by atoms with Crippen LogP contribution in [0.4, 0.5) is 0 Å². The van der Waals surface area contributed by atoms with Crippen LogP contribution in [0.2, 0.25) is 15.1 Å². The van der Waals surface area contributed by atoms with Crippen LogP contribution in [0.25, 0.3) is 0 Å². The van der Waals surface area contributed by atoms with Crippen LogP contribution in [0.1, 0.15) is 31.1 Å². The van der Waals surface area contributed by atoms with E-state index in [1.807, 2.05) is 0 Å². The molecule has 1 aliphatic rings. The Morgan fingerprint density at radius 3 is 1.46 bits per heavy atom. The standard InChI is InChI=1S/C26H19Cl3O8/c27-17-7-1-14(2-8-17)23(30)34-13-20-21(36-24(31)15-3-9-18(28)10-4-15)22(26(33)35-20)37-25(32)16-5-11-19(29)12-6-16/h1-12,20-22,26,33H,13H2/t20-,21-,22-,26?/m1/s1. The van der Waals surface area contributed by atoms with Gasteiger partial charge in [0, 0.05) is 15.1 Å². The lowest BCUT2D eigenvalue weighted by atomic mass is 10.1. The average Bonchev–Trinajstić information content (AvgIpc) is 3.17. The molecule has 4 atom stereocenters. The van der Waals surface area contributed by atoms with Crippen LogP contribution < -0.4 is 0 Å². The summed E-state index contributed by atoms with van der Waals surface area (Å²) in [6.07, 6.45) is -5.55. The van der Waals surface area contributed by atoms with E-state index in [1.165, 1.54) is 72.8 Å². The van der Waals surface area contributed by atoms with Gasteiger partial charge in [0.05, 0.1) is 16.7 Å². The number of carbonyl (C=O) groups excluding carboxylic acids is 3. The zero-order chi connectivity index (χ0) is 26.5. The summed E-state index contributed by atoms with van der Waals surface area (Å²) in [5.41, 5.74) is 0.533. The third kappa shape index (κ3) is 6.80. The minimum Gasteiger partial charge on any atom is -0.459 e. The van der Waals surface area contributed by atoms with Crippen molar-refractivity contribution in [1.29, 1.82) is 0 Å². The smallest absolute Gasteiger partial charge is 0.338 e. The van der Waals surface area contributed by atoms with Gasteiger partial charge in [0.1, 0.15) is 12.7 Å². The molecular formula is C26H19Cl3O8. The van der Waals surface area contributed by atoms with E-state index >= 15 is 0 Å². The van der Waals surface area contributed by atoms with Crippen molar-refractivity contribution in [2.75, 3.05) is 6.61 Å². The number of hydrogen-bond donors (Lipinski definition) is 1. The quantitative estimate of drug-likeness (QED) is 0.316. The Balaban J connectivity index is 1.52. The fourth-order valence-electron chi connectivity index (χ4n) is 3.49. The van der Waals surface area contributed by atoms with Gasteiger partial charge in [-0.1, -0.05) is 34.8 Å². The lowest BCUT2D eigenvalue weighted by Gasteiger charge is -2.23. The van der Waals surface area contributed by atoms with Gasteiger partial charge in [-0.05, 0) is 72.8 Å². The van der Waals surface area contributed by atoms with Gasteiger partial charge in [0.25, 0.3) is 0 Å². The zero-order valence-corrected chi connectivity index (χ0v) is 21.2. The number of hydrogen-bond acceptors (Lipinski definition) is 8. The van der Waals surface area contributed by atoms with E-state index in [2.05, 4.69) is 0 Å². The molecule has 4 rings (SSSR count). The first-order valence-electron chi connectivity index (χ1n) is 10.9. The second kappa shape index (κ2) is 11.9. The van der Waals surface area contributed by atoms with E-state index in [1.54, 1.807) is 0 Å². The number of benzene rings is 3. The normalized spacial score (nSPS) is 20.8. The van der Waals surface area contributed by atoms with Crippen molar-refractivity contribution in [2.24, 2.45) is 0 Å². The highest BCUT2D eigenvalue weighted by Gasteiger charge is 2.50. The van der Waals surface area contributed by atoms with Crippen molar-refractivity contribution < 1.29 is 38.4 Å². The van der Waals surface area contributed by atoms with Gasteiger partial charge in [-0.25, -0.2) is 14.4 Å². The molecule has 3 aromatic rings. The van der Waals surface area contributed by atoms with E-state index in [-0.39, 0.29) is 16.7 Å². The SMILES string of the molecule is O=C(OC[C@H]1OC(O)[C@H](OC(=O)c2ccc(Cl)cc2)[C@@H]1OC(=O)c1ccc(Cl)cc1)c1ccc(Cl)cc1. The van der Waals surface area contributed by atoms with Crippen LogP contribution in [0.15, 0.2) is 72.8 Å². The number of aliphatic hydroxyl groups excluding tert-OH is 1. The minimum atomic E-state index is -1.67. The molecule has 37 heavy (non-hydrogen) atoms. The topological polar surface area (TPSA) is 108 Å². The van der Waals surface area contributed by atoms with E-state index < -0.39 is 49.1 Å². The minimum absolute atomic E-state index is 0.150. The predicted octanol–water partition coefficient (Wildman–Crippen LogP) is 4.97. The van der Waals surface area contributed by atoms with Crippen molar-refractivity contribution >= 4 is 52.7 Å². The highest BCUT2D eigenvalue weighted by atomic mass is 35.5. The summed E-state index contributed by atoms with van der Waals surface area (Å²) in [4.78, 5) is 38.0. The van der Waals surface area contributed by atoms with Crippen molar-refractivity contribution in [2.45, 2.75) is 24.6 Å². The van der Waals surface area contributed by atoms with Gasteiger partial charge >= 0.3 is 17.9 Å². The van der Waals surface area contributed by atoms with E-state index in [9.17, 15) is 19.5 Å². The maximum Gasteiger partial charge on any atom is 0.338 e. The maximum absolute atomic E-state index is 12.8. The van der Waals surface area contributed by atoms with Crippen LogP contribution >= 0.6 is 34.8 Å². The lowest BCUT2D eigenvalue weighted by Crippen LogP contribution is -2.42. The number of rotatable bonds is 7. The zero-order valence-electron chi connectivity index (χ0n) is 18.9. The Morgan fingerprint density at radius 2 is 1.03 bits per heavy atom. The van der Waals surface area contributed by atoms with E-state index in [0.717, 1.165) is 0 Å². The van der Waals surface area contributed by atoms with Crippen molar-refractivity contribution in [3.05, 3.63) is 105 Å². The van der Waals surface area contributed by atoms with Crippen LogP contribution in [-0.2, 0) is 18.9 Å². The van der Waals surface area contributed by atoms with Crippen LogP contribution in [-0.4, -0.2) is 54.2 Å². The number of aliphatic hydroxyl groups is 1. The average molecular weight is 566 g/mol. The molecule has 1 N–H and O–H groups in total. The highest BCUT2D eigenvalue weighted by Crippen LogP contribution is 2.28. The molecule has 8 nitrogen and oxygen atoms in total. The first kappa shape index (κ1) is 26.9.